The number of hydrogen-bond donors (Lipinski definition) is 1. The second-order valence-electron chi connectivity index (χ2n) is 5.82. The Kier molecular flexibility index (Phi) is 5.03. The average molecular weight is 331 g/mol. The van der Waals surface area contributed by atoms with Crippen LogP contribution in [0.4, 0.5) is 5.69 Å². The molecule has 1 fully saturated rings. The zero-order valence-electron chi connectivity index (χ0n) is 13.5. The molecule has 0 atom stereocenters. The van der Waals surface area contributed by atoms with E-state index in [-0.39, 0.29) is 11.7 Å². The lowest BCUT2D eigenvalue weighted by Gasteiger charge is -2.26. The van der Waals surface area contributed by atoms with Gasteiger partial charge in [-0.25, -0.2) is 0 Å². The molecule has 1 aliphatic rings. The summed E-state index contributed by atoms with van der Waals surface area (Å²) in [6.45, 7) is 6.95. The number of nitrogens with zero attached hydrogens (tertiary/aromatic N) is 2. The fourth-order valence-corrected chi connectivity index (χ4v) is 3.55. The molecule has 0 aliphatic carbocycles. The first-order valence-corrected chi connectivity index (χ1v) is 8.91. The first-order chi connectivity index (χ1) is 11.1. The van der Waals surface area contributed by atoms with E-state index < -0.39 is 0 Å². The second kappa shape index (κ2) is 7.19. The molecule has 23 heavy (non-hydrogen) atoms. The summed E-state index contributed by atoms with van der Waals surface area (Å²) < 4.78 is 5.02. The Hall–Kier alpha value is -1.79. The van der Waals surface area contributed by atoms with Crippen molar-refractivity contribution >= 4 is 23.4 Å². The third-order valence-electron chi connectivity index (χ3n) is 3.91. The fraction of sp³-hybridized carbons (Fsp3) is 0.412. The molecular weight excluding hydrogens is 310 g/mol. The minimum absolute atomic E-state index is 0.236. The Bertz CT molecular complexity index is 693. The lowest BCUT2D eigenvalue weighted by atomic mass is 10.1. The minimum Gasteiger partial charge on any atom is -0.351 e. The first-order valence-electron chi connectivity index (χ1n) is 7.76. The van der Waals surface area contributed by atoms with Gasteiger partial charge in [-0.3, -0.25) is 9.69 Å². The molecule has 6 heteroatoms. The molecule has 5 nitrogen and oxygen atoms in total. The van der Waals surface area contributed by atoms with E-state index in [4.69, 9.17) is 4.52 Å². The number of benzene rings is 1. The van der Waals surface area contributed by atoms with Crippen LogP contribution in [-0.4, -0.2) is 40.6 Å². The van der Waals surface area contributed by atoms with Crippen LogP contribution in [0.15, 0.2) is 28.8 Å². The largest absolute Gasteiger partial charge is 0.351 e. The van der Waals surface area contributed by atoms with Gasteiger partial charge in [0.05, 0.1) is 5.69 Å². The number of carbonyl (C=O) groups is 1. The maximum absolute atomic E-state index is 12.2. The molecule has 3 rings (SSSR count). The Balaban J connectivity index is 1.71. The van der Waals surface area contributed by atoms with E-state index in [0.29, 0.717) is 5.69 Å². The van der Waals surface area contributed by atoms with Crippen molar-refractivity contribution in [2.45, 2.75) is 20.4 Å². The molecule has 0 saturated carbocycles. The van der Waals surface area contributed by atoms with Gasteiger partial charge in [0.15, 0.2) is 0 Å². The van der Waals surface area contributed by atoms with E-state index >= 15 is 0 Å². The van der Waals surface area contributed by atoms with E-state index in [0.717, 1.165) is 30.9 Å². The molecule has 2 heterocycles. The van der Waals surface area contributed by atoms with Gasteiger partial charge in [-0.15, -0.1) is 0 Å². The molecular formula is C17H21N3O2S. The quantitative estimate of drug-likeness (QED) is 0.933. The number of rotatable bonds is 4. The highest BCUT2D eigenvalue weighted by Crippen LogP contribution is 2.20. The van der Waals surface area contributed by atoms with Crippen LogP contribution in [0.1, 0.15) is 27.4 Å². The summed E-state index contributed by atoms with van der Waals surface area (Å²) in [5, 5.41) is 6.67. The molecule has 0 unspecified atom stereocenters. The monoisotopic (exact) mass is 331 g/mol. The Morgan fingerprint density at radius 1 is 1.30 bits per heavy atom. The van der Waals surface area contributed by atoms with Crippen LogP contribution < -0.4 is 5.32 Å². The van der Waals surface area contributed by atoms with Crippen molar-refractivity contribution in [3.05, 3.63) is 46.8 Å². The predicted molar refractivity (Wildman–Crippen MR) is 93.0 cm³/mol. The van der Waals surface area contributed by atoms with Gasteiger partial charge in [-0.1, -0.05) is 17.3 Å². The van der Waals surface area contributed by atoms with Crippen LogP contribution in [0.5, 0.6) is 0 Å². The second-order valence-corrected chi connectivity index (χ2v) is 7.05. The molecule has 1 saturated heterocycles. The van der Waals surface area contributed by atoms with E-state index in [1.54, 1.807) is 13.0 Å². The number of aryl methyl sites for hydroxylation is 2. The third-order valence-corrected chi connectivity index (χ3v) is 4.85. The summed E-state index contributed by atoms with van der Waals surface area (Å²) in [7, 11) is 0. The number of nitrogens with one attached hydrogen (secondary N) is 1. The van der Waals surface area contributed by atoms with Gasteiger partial charge in [-0.2, -0.15) is 11.8 Å². The number of aromatic nitrogens is 1. The summed E-state index contributed by atoms with van der Waals surface area (Å²) in [6.07, 6.45) is 0. The normalized spacial score (nSPS) is 15.6. The number of anilines is 1. The van der Waals surface area contributed by atoms with Crippen molar-refractivity contribution < 1.29 is 9.32 Å². The SMILES string of the molecule is Cc1cc(C(=O)Nc2cc(CN3CCSCC3)ccc2C)on1. The zero-order chi connectivity index (χ0) is 16.2. The van der Waals surface area contributed by atoms with Gasteiger partial charge in [-0.05, 0) is 31.0 Å². The van der Waals surface area contributed by atoms with Gasteiger partial charge in [0.2, 0.25) is 5.76 Å². The highest BCUT2D eigenvalue weighted by Gasteiger charge is 2.15. The molecule has 0 spiro atoms. The van der Waals surface area contributed by atoms with Crippen molar-refractivity contribution in [2.75, 3.05) is 29.9 Å². The fourth-order valence-electron chi connectivity index (χ4n) is 2.57. The van der Waals surface area contributed by atoms with Gasteiger partial charge in [0, 0.05) is 42.9 Å². The summed E-state index contributed by atoms with van der Waals surface area (Å²) in [6, 6.07) is 7.87. The van der Waals surface area contributed by atoms with E-state index in [2.05, 4.69) is 33.6 Å². The molecule has 122 valence electrons. The smallest absolute Gasteiger partial charge is 0.294 e. The Morgan fingerprint density at radius 2 is 2.09 bits per heavy atom. The van der Waals surface area contributed by atoms with Crippen LogP contribution in [-0.2, 0) is 6.54 Å². The number of thioether (sulfide) groups is 1. The highest BCUT2D eigenvalue weighted by atomic mass is 32.2. The van der Waals surface area contributed by atoms with Crippen LogP contribution in [0.2, 0.25) is 0 Å². The topological polar surface area (TPSA) is 58.4 Å². The molecule has 1 aromatic heterocycles. The van der Waals surface area contributed by atoms with Crippen molar-refractivity contribution in [1.82, 2.24) is 10.1 Å². The molecule has 1 aromatic carbocycles. The summed E-state index contributed by atoms with van der Waals surface area (Å²) >= 11 is 2.01. The van der Waals surface area contributed by atoms with E-state index in [9.17, 15) is 4.79 Å². The summed E-state index contributed by atoms with van der Waals surface area (Å²) in [5.74, 6) is 2.36. The highest BCUT2D eigenvalue weighted by molar-refractivity contribution is 7.99. The number of hydrogen-bond acceptors (Lipinski definition) is 5. The predicted octanol–water partition coefficient (Wildman–Crippen LogP) is 3.09. The number of carbonyl (C=O) groups excluding carboxylic acids is 1. The first kappa shape index (κ1) is 16.1. The third kappa shape index (κ3) is 4.14. The molecule has 0 radical (unpaired) electrons. The van der Waals surface area contributed by atoms with Crippen LogP contribution >= 0.6 is 11.8 Å². The van der Waals surface area contributed by atoms with Gasteiger partial charge >= 0.3 is 0 Å². The van der Waals surface area contributed by atoms with Gasteiger partial charge in [0.1, 0.15) is 0 Å². The Labute approximate surface area is 140 Å². The van der Waals surface area contributed by atoms with Crippen molar-refractivity contribution in [3.8, 4) is 0 Å². The van der Waals surface area contributed by atoms with Crippen LogP contribution in [0.25, 0.3) is 0 Å². The average Bonchev–Trinajstić information content (AvgIpc) is 2.98. The van der Waals surface area contributed by atoms with Crippen molar-refractivity contribution in [2.24, 2.45) is 0 Å². The van der Waals surface area contributed by atoms with Gasteiger partial charge < -0.3 is 9.84 Å². The van der Waals surface area contributed by atoms with Crippen LogP contribution in [0, 0.1) is 13.8 Å². The molecule has 0 bridgehead atoms. The lowest BCUT2D eigenvalue weighted by Crippen LogP contribution is -2.32. The number of amides is 1. The molecule has 1 amide bonds. The Morgan fingerprint density at radius 3 is 2.78 bits per heavy atom. The molecule has 1 aliphatic heterocycles. The van der Waals surface area contributed by atoms with Crippen molar-refractivity contribution in [1.29, 1.82) is 0 Å². The molecule has 1 N–H and O–H groups in total. The maximum Gasteiger partial charge on any atom is 0.294 e. The molecule has 2 aromatic rings. The summed E-state index contributed by atoms with van der Waals surface area (Å²) in [5.41, 5.74) is 3.77. The maximum atomic E-state index is 12.2. The van der Waals surface area contributed by atoms with E-state index in [1.807, 2.05) is 18.7 Å². The summed E-state index contributed by atoms with van der Waals surface area (Å²) in [4.78, 5) is 14.7. The van der Waals surface area contributed by atoms with Crippen LogP contribution in [0.3, 0.4) is 0 Å². The minimum atomic E-state index is -0.264. The van der Waals surface area contributed by atoms with Crippen molar-refractivity contribution in [3.63, 3.8) is 0 Å². The van der Waals surface area contributed by atoms with Gasteiger partial charge in [0.25, 0.3) is 5.91 Å². The standard InChI is InChI=1S/C17H21N3O2S/c1-12-3-4-14(11-20-5-7-23-8-6-20)10-15(12)18-17(21)16-9-13(2)19-22-16/h3-4,9-10H,5-8,11H2,1-2H3,(H,18,21). The lowest BCUT2D eigenvalue weighted by molar-refractivity contribution is 0.0988. The zero-order valence-corrected chi connectivity index (χ0v) is 14.3. The van der Waals surface area contributed by atoms with E-state index in [1.165, 1.54) is 17.1 Å².